The lowest BCUT2D eigenvalue weighted by atomic mass is 9.96. The highest BCUT2D eigenvalue weighted by Crippen LogP contribution is 2.44. The first-order valence-electron chi connectivity index (χ1n) is 5.42. The summed E-state index contributed by atoms with van der Waals surface area (Å²) in [6.07, 6.45) is -18.2. The molecule has 1 rings (SSSR count). The van der Waals surface area contributed by atoms with Gasteiger partial charge in [0.2, 0.25) is 0 Å². The number of hydrogen-bond acceptors (Lipinski definition) is 0. The van der Waals surface area contributed by atoms with Crippen LogP contribution in [-0.4, -0.2) is 0 Å². The average molecular weight is 374 g/mol. The fourth-order valence-electron chi connectivity index (χ4n) is 1.64. The zero-order valence-electron chi connectivity index (χ0n) is 10.7. The largest absolute Gasteiger partial charge is 0.417 e. The van der Waals surface area contributed by atoms with E-state index in [4.69, 9.17) is 0 Å². The van der Waals surface area contributed by atoms with E-state index in [-0.39, 0.29) is 0 Å². The summed E-state index contributed by atoms with van der Waals surface area (Å²) in [5.74, 6) is -5.91. The Morgan fingerprint density at radius 2 is 0.792 bits per heavy atom. The second kappa shape index (κ2) is 6.40. The molecule has 0 aromatic heterocycles. The number of benzene rings is 1. The summed E-state index contributed by atoms with van der Waals surface area (Å²) < 4.78 is 151. The molecule has 0 heterocycles. The van der Waals surface area contributed by atoms with E-state index in [9.17, 15) is 52.7 Å². The average Bonchev–Trinajstić information content (AvgIpc) is 2.42. The van der Waals surface area contributed by atoms with Gasteiger partial charge >= 0.3 is 24.5 Å². The lowest BCUT2D eigenvalue weighted by molar-refractivity contribution is -0.141. The molecule has 0 aliphatic heterocycles. The molecule has 0 fully saturated rings. The third-order valence-corrected chi connectivity index (χ3v) is 2.57. The molecule has 0 bridgehead atoms. The number of halogens is 12. The van der Waals surface area contributed by atoms with Crippen LogP contribution < -0.4 is 0 Å². The van der Waals surface area contributed by atoms with E-state index >= 15 is 0 Å². The Morgan fingerprint density at radius 3 is 0.958 bits per heavy atom. The molecule has 12 heteroatoms. The maximum atomic E-state index is 13.1. The molecule has 1 aromatic carbocycles. The second-order valence-corrected chi connectivity index (χ2v) is 4.09. The molecule has 0 saturated carbocycles. The van der Waals surface area contributed by atoms with Gasteiger partial charge in [-0.15, -0.1) is 0 Å². The predicted molar refractivity (Wildman–Crippen MR) is 56.9 cm³/mol. The van der Waals surface area contributed by atoms with Crippen LogP contribution in [0.2, 0.25) is 0 Å². The minimum atomic E-state index is -5.73. The van der Waals surface area contributed by atoms with E-state index < -0.39 is 70.6 Å². The van der Waals surface area contributed by atoms with Crippen LogP contribution >= 0.6 is 0 Å². The van der Waals surface area contributed by atoms with Crippen LogP contribution in [0.4, 0.5) is 52.7 Å². The van der Waals surface area contributed by atoms with Crippen molar-refractivity contribution in [3.8, 4) is 0 Å². The third-order valence-electron chi connectivity index (χ3n) is 2.57. The lowest BCUT2D eigenvalue weighted by Gasteiger charge is -2.18. The molecule has 0 N–H and O–H groups in total. The monoisotopic (exact) mass is 374 g/mol. The molecule has 0 amide bonds. The Kier molecular flexibility index (Phi) is 5.31. The fraction of sp³-hybridized carbons (Fsp3) is 0.167. The maximum Gasteiger partial charge on any atom is 0.417 e. The molecule has 0 aliphatic rings. The molecule has 1 aromatic rings. The van der Waals surface area contributed by atoms with Gasteiger partial charge in [0.15, 0.2) is 11.7 Å². The normalized spacial score (nSPS) is 12.2. The van der Waals surface area contributed by atoms with Crippen LogP contribution in [0.5, 0.6) is 0 Å². The Bertz CT molecular complexity index is 634. The highest BCUT2D eigenvalue weighted by molar-refractivity contribution is 5.72. The Balaban J connectivity index is 4.02. The predicted octanol–water partition coefficient (Wildman–Crippen LogP) is 6.79. The zero-order chi connectivity index (χ0) is 19.0. The molecule has 0 unspecified atom stereocenters. The van der Waals surface area contributed by atoms with Crippen molar-refractivity contribution in [1.82, 2.24) is 0 Å². The summed E-state index contributed by atoms with van der Waals surface area (Å²) in [5, 5.41) is 0. The first-order chi connectivity index (χ1) is 10.7. The van der Waals surface area contributed by atoms with E-state index in [1.807, 2.05) is 0 Å². The molecular formula is C12H2F12. The van der Waals surface area contributed by atoms with E-state index in [2.05, 4.69) is 0 Å². The molecule has 134 valence electrons. The maximum absolute atomic E-state index is 13.1. The lowest BCUT2D eigenvalue weighted by Crippen LogP contribution is -2.15. The highest BCUT2D eigenvalue weighted by atomic mass is 19.4. The SMILES string of the molecule is FC(F)=C(F)c1cc(C(F)(F)F)c(C(F)=C(F)F)cc1C(F)(F)F. The van der Waals surface area contributed by atoms with Crippen LogP contribution in [-0.2, 0) is 12.4 Å². The van der Waals surface area contributed by atoms with Crippen LogP contribution in [0, 0.1) is 0 Å². The minimum Gasteiger partial charge on any atom is -0.200 e. The van der Waals surface area contributed by atoms with Crippen LogP contribution in [0.1, 0.15) is 22.3 Å². The van der Waals surface area contributed by atoms with Crippen LogP contribution in [0.3, 0.4) is 0 Å². The van der Waals surface area contributed by atoms with Crippen molar-refractivity contribution in [1.29, 1.82) is 0 Å². The molecule has 0 radical (unpaired) electrons. The van der Waals surface area contributed by atoms with Gasteiger partial charge in [0, 0.05) is 11.1 Å². The van der Waals surface area contributed by atoms with Crippen molar-refractivity contribution in [2.45, 2.75) is 12.4 Å². The van der Waals surface area contributed by atoms with Crippen LogP contribution in [0.15, 0.2) is 24.3 Å². The summed E-state index contributed by atoms with van der Waals surface area (Å²) in [5.41, 5.74) is -9.48. The van der Waals surface area contributed by atoms with Crippen molar-refractivity contribution in [2.75, 3.05) is 0 Å². The van der Waals surface area contributed by atoms with Gasteiger partial charge in [-0.3, -0.25) is 0 Å². The standard InChI is InChI=1S/C12H2F12/c13-7(9(15)16)3-1-5(11(19,20)21)4(8(14)10(17)18)2-6(3)12(22,23)24/h1-2H. The first kappa shape index (κ1) is 19.9. The van der Waals surface area contributed by atoms with Crippen molar-refractivity contribution in [3.05, 3.63) is 46.5 Å². The van der Waals surface area contributed by atoms with Gasteiger partial charge in [-0.1, -0.05) is 0 Å². The molecule has 0 nitrogen and oxygen atoms in total. The number of rotatable bonds is 2. The van der Waals surface area contributed by atoms with Gasteiger partial charge in [-0.25, -0.2) is 8.78 Å². The third kappa shape index (κ3) is 4.03. The minimum absolute atomic E-state index is 0.810. The van der Waals surface area contributed by atoms with Gasteiger partial charge in [0.05, 0.1) is 11.1 Å². The van der Waals surface area contributed by atoms with Gasteiger partial charge < -0.3 is 0 Å². The van der Waals surface area contributed by atoms with E-state index in [0.717, 1.165) is 0 Å². The summed E-state index contributed by atoms with van der Waals surface area (Å²) in [4.78, 5) is 0. The van der Waals surface area contributed by atoms with Gasteiger partial charge in [0.1, 0.15) is 0 Å². The summed E-state index contributed by atoms with van der Waals surface area (Å²) in [6.45, 7) is 0. The van der Waals surface area contributed by atoms with E-state index in [1.165, 1.54) is 0 Å². The van der Waals surface area contributed by atoms with Crippen LogP contribution in [0.25, 0.3) is 11.7 Å². The number of alkyl halides is 6. The summed E-state index contributed by atoms with van der Waals surface area (Å²) >= 11 is 0. The molecular weight excluding hydrogens is 372 g/mol. The summed E-state index contributed by atoms with van der Waals surface area (Å²) in [7, 11) is 0. The van der Waals surface area contributed by atoms with Crippen molar-refractivity contribution < 1.29 is 52.7 Å². The zero-order valence-corrected chi connectivity index (χ0v) is 10.7. The Morgan fingerprint density at radius 1 is 0.542 bits per heavy atom. The van der Waals surface area contributed by atoms with Crippen molar-refractivity contribution in [2.24, 2.45) is 0 Å². The Hall–Kier alpha value is -2.14. The van der Waals surface area contributed by atoms with Gasteiger partial charge in [-0.2, -0.15) is 43.9 Å². The van der Waals surface area contributed by atoms with E-state index in [0.29, 0.717) is 0 Å². The molecule has 0 spiro atoms. The Labute approximate surface area is 124 Å². The van der Waals surface area contributed by atoms with Gasteiger partial charge in [0.25, 0.3) is 0 Å². The first-order valence-corrected chi connectivity index (χ1v) is 5.42. The molecule has 0 atom stereocenters. The number of hydrogen-bond donors (Lipinski definition) is 0. The summed E-state index contributed by atoms with van der Waals surface area (Å²) in [6, 6.07) is -1.62. The fourth-order valence-corrected chi connectivity index (χ4v) is 1.64. The smallest absolute Gasteiger partial charge is 0.200 e. The molecule has 24 heavy (non-hydrogen) atoms. The second-order valence-electron chi connectivity index (χ2n) is 4.09. The van der Waals surface area contributed by atoms with Crippen molar-refractivity contribution >= 4 is 11.7 Å². The molecule has 0 saturated heterocycles. The topological polar surface area (TPSA) is 0 Å². The molecule has 0 aliphatic carbocycles. The van der Waals surface area contributed by atoms with E-state index in [1.54, 1.807) is 0 Å². The highest BCUT2D eigenvalue weighted by Gasteiger charge is 2.42. The quantitative estimate of drug-likeness (QED) is 0.500. The van der Waals surface area contributed by atoms with Crippen molar-refractivity contribution in [3.63, 3.8) is 0 Å². The van der Waals surface area contributed by atoms with Gasteiger partial charge in [-0.05, 0) is 12.1 Å².